The molecule has 0 aliphatic heterocycles. The van der Waals surface area contributed by atoms with Gasteiger partial charge >= 0.3 is 0 Å². The van der Waals surface area contributed by atoms with E-state index in [1.807, 2.05) is 0 Å². The number of H-pyrrole nitrogens is 2. The first-order chi connectivity index (χ1) is 8.45. The third-order valence-corrected chi connectivity index (χ3v) is 2.16. The fourth-order valence-electron chi connectivity index (χ4n) is 1.34. The molecule has 0 saturated carbocycles. The standard InChI is InChI=1S/C8H14N8O/c1(3-7-9-13-14-10-7)5-17-6-2-4-8-11-15-16-12-8/h1-6H2,(H,9,10,13,14)(H,11,12,15,16). The highest BCUT2D eigenvalue weighted by Crippen LogP contribution is 1.96. The van der Waals surface area contributed by atoms with Crippen molar-refractivity contribution < 1.29 is 4.74 Å². The number of hydrogen-bond acceptors (Lipinski definition) is 7. The molecule has 0 spiro atoms. The van der Waals surface area contributed by atoms with Crippen molar-refractivity contribution in [2.45, 2.75) is 25.7 Å². The van der Waals surface area contributed by atoms with Gasteiger partial charge in [0.25, 0.3) is 0 Å². The molecule has 9 nitrogen and oxygen atoms in total. The van der Waals surface area contributed by atoms with Crippen LogP contribution in [-0.2, 0) is 17.6 Å². The van der Waals surface area contributed by atoms with E-state index in [1.165, 1.54) is 0 Å². The molecule has 0 saturated heterocycles. The van der Waals surface area contributed by atoms with E-state index in [2.05, 4.69) is 41.2 Å². The fraction of sp³-hybridized carbons (Fsp3) is 0.750. The second-order valence-corrected chi connectivity index (χ2v) is 3.48. The van der Waals surface area contributed by atoms with E-state index < -0.39 is 0 Å². The third-order valence-electron chi connectivity index (χ3n) is 2.16. The van der Waals surface area contributed by atoms with Gasteiger partial charge in [0.15, 0.2) is 11.6 Å². The Morgan fingerprint density at radius 1 is 0.824 bits per heavy atom. The minimum Gasteiger partial charge on any atom is -0.381 e. The van der Waals surface area contributed by atoms with Gasteiger partial charge < -0.3 is 4.74 Å². The van der Waals surface area contributed by atoms with Gasteiger partial charge in [0.1, 0.15) is 0 Å². The van der Waals surface area contributed by atoms with Crippen LogP contribution < -0.4 is 0 Å². The van der Waals surface area contributed by atoms with Gasteiger partial charge in [-0.2, -0.15) is 10.4 Å². The fourth-order valence-corrected chi connectivity index (χ4v) is 1.34. The van der Waals surface area contributed by atoms with Crippen LogP contribution in [0.2, 0.25) is 0 Å². The van der Waals surface area contributed by atoms with Crippen LogP contribution in [0, 0.1) is 0 Å². The molecule has 0 fully saturated rings. The van der Waals surface area contributed by atoms with E-state index in [-0.39, 0.29) is 0 Å². The van der Waals surface area contributed by atoms with E-state index in [1.54, 1.807) is 0 Å². The van der Waals surface area contributed by atoms with Gasteiger partial charge in [-0.1, -0.05) is 10.4 Å². The molecule has 0 aromatic carbocycles. The van der Waals surface area contributed by atoms with Crippen molar-refractivity contribution >= 4 is 0 Å². The minimum absolute atomic E-state index is 0.695. The quantitative estimate of drug-likeness (QED) is 0.583. The van der Waals surface area contributed by atoms with Crippen LogP contribution in [0.4, 0.5) is 0 Å². The van der Waals surface area contributed by atoms with E-state index in [9.17, 15) is 0 Å². The summed E-state index contributed by atoms with van der Waals surface area (Å²) in [5.41, 5.74) is 0. The van der Waals surface area contributed by atoms with Crippen LogP contribution in [0.25, 0.3) is 0 Å². The Morgan fingerprint density at radius 3 is 1.76 bits per heavy atom. The van der Waals surface area contributed by atoms with Crippen LogP contribution in [0.1, 0.15) is 24.5 Å². The van der Waals surface area contributed by atoms with E-state index in [4.69, 9.17) is 4.74 Å². The van der Waals surface area contributed by atoms with E-state index >= 15 is 0 Å². The maximum Gasteiger partial charge on any atom is 0.174 e. The van der Waals surface area contributed by atoms with E-state index in [0.717, 1.165) is 37.3 Å². The molecule has 0 aliphatic rings. The molecule has 92 valence electrons. The number of aromatic nitrogens is 8. The summed E-state index contributed by atoms with van der Waals surface area (Å²) in [5.74, 6) is 1.45. The molecule has 0 radical (unpaired) electrons. The lowest BCUT2D eigenvalue weighted by atomic mass is 10.3. The molecule has 17 heavy (non-hydrogen) atoms. The predicted molar refractivity (Wildman–Crippen MR) is 55.8 cm³/mol. The summed E-state index contributed by atoms with van der Waals surface area (Å²) < 4.78 is 5.46. The molecule has 0 amide bonds. The molecular weight excluding hydrogens is 224 g/mol. The van der Waals surface area contributed by atoms with Crippen molar-refractivity contribution in [3.05, 3.63) is 11.6 Å². The van der Waals surface area contributed by atoms with Gasteiger partial charge in [0.05, 0.1) is 0 Å². The minimum atomic E-state index is 0.695. The van der Waals surface area contributed by atoms with Gasteiger partial charge in [-0.15, -0.1) is 20.4 Å². The van der Waals surface area contributed by atoms with Gasteiger partial charge in [-0.25, -0.2) is 0 Å². The number of rotatable bonds is 8. The van der Waals surface area contributed by atoms with Gasteiger partial charge in [-0.05, 0) is 12.8 Å². The summed E-state index contributed by atoms with van der Waals surface area (Å²) in [4.78, 5) is 0. The number of aryl methyl sites for hydroxylation is 2. The van der Waals surface area contributed by atoms with Crippen LogP contribution >= 0.6 is 0 Å². The van der Waals surface area contributed by atoms with Crippen molar-refractivity contribution in [3.63, 3.8) is 0 Å². The van der Waals surface area contributed by atoms with Gasteiger partial charge in [0, 0.05) is 26.1 Å². The van der Waals surface area contributed by atoms with Crippen molar-refractivity contribution in [2.24, 2.45) is 0 Å². The summed E-state index contributed by atoms with van der Waals surface area (Å²) in [6.07, 6.45) is 3.34. The van der Waals surface area contributed by atoms with Crippen LogP contribution in [0.5, 0.6) is 0 Å². The van der Waals surface area contributed by atoms with Crippen molar-refractivity contribution in [1.29, 1.82) is 0 Å². The third kappa shape index (κ3) is 4.23. The summed E-state index contributed by atoms with van der Waals surface area (Å²) >= 11 is 0. The largest absolute Gasteiger partial charge is 0.381 e. The van der Waals surface area contributed by atoms with Crippen molar-refractivity contribution in [1.82, 2.24) is 41.2 Å². The highest BCUT2D eigenvalue weighted by Gasteiger charge is 1.99. The Morgan fingerprint density at radius 2 is 1.35 bits per heavy atom. The average Bonchev–Trinajstić information content (AvgIpc) is 3.00. The van der Waals surface area contributed by atoms with Crippen LogP contribution in [0.15, 0.2) is 0 Å². The average molecular weight is 238 g/mol. The SMILES string of the molecule is C(COCCCc1nn[nH]n1)Cc1nn[nH]n1. The number of ether oxygens (including phenoxy) is 1. The molecule has 2 N–H and O–H groups in total. The lowest BCUT2D eigenvalue weighted by Crippen LogP contribution is -2.01. The highest BCUT2D eigenvalue weighted by molar-refractivity contribution is 4.76. The molecule has 9 heteroatoms. The number of nitrogens with zero attached hydrogens (tertiary/aromatic N) is 6. The molecule has 0 unspecified atom stereocenters. The summed E-state index contributed by atoms with van der Waals surface area (Å²) in [6.45, 7) is 1.39. The van der Waals surface area contributed by atoms with Gasteiger partial charge in [-0.3, -0.25) is 0 Å². The first-order valence-electron chi connectivity index (χ1n) is 5.47. The number of hydrogen-bond donors (Lipinski definition) is 2. The molecule has 2 aromatic rings. The van der Waals surface area contributed by atoms with Crippen molar-refractivity contribution in [2.75, 3.05) is 13.2 Å². The molecule has 0 aliphatic carbocycles. The Labute approximate surface area is 97.3 Å². The second-order valence-electron chi connectivity index (χ2n) is 3.48. The lowest BCUT2D eigenvalue weighted by Gasteiger charge is -2.01. The highest BCUT2D eigenvalue weighted by atomic mass is 16.5. The summed E-state index contributed by atoms with van der Waals surface area (Å²) in [5, 5.41) is 27.2. The maximum atomic E-state index is 5.46. The monoisotopic (exact) mass is 238 g/mol. The number of aromatic amines is 2. The summed E-state index contributed by atoms with van der Waals surface area (Å²) in [6, 6.07) is 0. The lowest BCUT2D eigenvalue weighted by molar-refractivity contribution is 0.129. The number of tetrazole rings is 2. The van der Waals surface area contributed by atoms with E-state index in [0.29, 0.717) is 13.2 Å². The normalized spacial score (nSPS) is 10.8. The molecule has 2 rings (SSSR count). The second kappa shape index (κ2) is 6.63. The maximum absolute atomic E-state index is 5.46. The summed E-state index contributed by atoms with van der Waals surface area (Å²) in [7, 11) is 0. The Kier molecular flexibility index (Phi) is 4.52. The molecule has 2 aromatic heterocycles. The van der Waals surface area contributed by atoms with Crippen LogP contribution in [-0.4, -0.2) is 54.5 Å². The topological polar surface area (TPSA) is 118 Å². The molecule has 0 bridgehead atoms. The zero-order valence-corrected chi connectivity index (χ0v) is 9.33. The Bertz CT molecular complexity index is 347. The first-order valence-corrected chi connectivity index (χ1v) is 5.47. The Balaban J connectivity index is 1.44. The number of nitrogens with one attached hydrogen (secondary N) is 2. The zero-order valence-electron chi connectivity index (χ0n) is 9.33. The molecule has 2 heterocycles. The first kappa shape index (κ1) is 11.6. The molecule has 0 atom stereocenters. The van der Waals surface area contributed by atoms with Gasteiger partial charge in [0.2, 0.25) is 0 Å². The Hall–Kier alpha value is -1.90. The smallest absolute Gasteiger partial charge is 0.174 e. The zero-order chi connectivity index (χ0) is 11.8. The predicted octanol–water partition coefficient (Wildman–Crippen LogP) is -0.705. The molecular formula is C8H14N8O. The van der Waals surface area contributed by atoms with Crippen molar-refractivity contribution in [3.8, 4) is 0 Å². The van der Waals surface area contributed by atoms with Crippen LogP contribution in [0.3, 0.4) is 0 Å².